The summed E-state index contributed by atoms with van der Waals surface area (Å²) in [5.74, 6) is 0.466. The van der Waals surface area contributed by atoms with E-state index in [-0.39, 0.29) is 23.0 Å². The van der Waals surface area contributed by atoms with Gasteiger partial charge in [0.15, 0.2) is 15.5 Å². The minimum absolute atomic E-state index is 0.107. The topological polar surface area (TPSA) is 70.8 Å². The molecule has 3 aromatic rings. The molecule has 2 aliphatic rings. The molecule has 2 aliphatic heterocycles. The molecule has 0 saturated carbocycles. The van der Waals surface area contributed by atoms with Crippen LogP contribution in [0.15, 0.2) is 48.9 Å². The first-order valence-electron chi connectivity index (χ1n) is 9.90. The molecule has 29 heavy (non-hydrogen) atoms. The molecule has 4 heterocycles. The van der Waals surface area contributed by atoms with E-state index in [0.29, 0.717) is 13.1 Å². The van der Waals surface area contributed by atoms with Crippen molar-refractivity contribution in [3.8, 4) is 11.1 Å². The van der Waals surface area contributed by atoms with Gasteiger partial charge in [-0.2, -0.15) is 5.10 Å². The van der Waals surface area contributed by atoms with Gasteiger partial charge in [0, 0.05) is 55.1 Å². The van der Waals surface area contributed by atoms with Gasteiger partial charge < -0.3 is 4.90 Å². The Balaban J connectivity index is 1.37. The number of likely N-dealkylation sites (tertiary alicyclic amines) is 1. The van der Waals surface area contributed by atoms with Crippen LogP contribution in [0.3, 0.4) is 0 Å². The van der Waals surface area contributed by atoms with E-state index in [1.54, 1.807) is 0 Å². The predicted octanol–water partition coefficient (Wildman–Crippen LogP) is 1.56. The van der Waals surface area contributed by atoms with Gasteiger partial charge in [-0.25, -0.2) is 17.9 Å². The van der Waals surface area contributed by atoms with E-state index in [2.05, 4.69) is 32.0 Å². The van der Waals surface area contributed by atoms with Crippen LogP contribution in [-0.4, -0.2) is 77.0 Å². The summed E-state index contributed by atoms with van der Waals surface area (Å²) in [5, 5.41) is 4.23. The Labute approximate surface area is 170 Å². The molecule has 2 aromatic heterocycles. The van der Waals surface area contributed by atoms with Gasteiger partial charge in [-0.3, -0.25) is 4.90 Å². The van der Waals surface area contributed by atoms with Crippen molar-refractivity contribution in [1.82, 2.24) is 24.4 Å². The second kappa shape index (κ2) is 6.90. The van der Waals surface area contributed by atoms with E-state index < -0.39 is 9.84 Å². The lowest BCUT2D eigenvalue weighted by Gasteiger charge is -2.25. The van der Waals surface area contributed by atoms with Crippen molar-refractivity contribution >= 4 is 15.5 Å². The Morgan fingerprint density at radius 1 is 1.14 bits per heavy atom. The zero-order valence-corrected chi connectivity index (χ0v) is 17.5. The molecule has 0 N–H and O–H groups in total. The number of aromatic nitrogens is 3. The summed E-state index contributed by atoms with van der Waals surface area (Å²) in [5.41, 5.74) is 3.97. The standard InChI is InChI=1S/C21H25N5O2S/c1-24(2)19-14-29(27,28)20-13-25(12-18(19)20)10-15-8-22-21-17(9-23-26(21)11-15)16-6-4-3-5-7-16/h3-9,11,18-20H,10,12-14H2,1-2H3/t18-,19-,20-/m0/s1. The monoisotopic (exact) mass is 411 g/mol. The van der Waals surface area contributed by atoms with Crippen molar-refractivity contribution in [3.63, 3.8) is 0 Å². The van der Waals surface area contributed by atoms with E-state index in [0.717, 1.165) is 28.9 Å². The van der Waals surface area contributed by atoms with E-state index in [4.69, 9.17) is 0 Å². The summed E-state index contributed by atoms with van der Waals surface area (Å²) in [4.78, 5) is 8.96. The number of hydrogen-bond donors (Lipinski definition) is 0. The zero-order valence-electron chi connectivity index (χ0n) is 16.6. The van der Waals surface area contributed by atoms with Crippen molar-refractivity contribution in [1.29, 1.82) is 0 Å². The fourth-order valence-electron chi connectivity index (χ4n) is 4.85. The lowest BCUT2D eigenvalue weighted by Crippen LogP contribution is -2.37. The molecule has 5 rings (SSSR count). The molecule has 0 spiro atoms. The summed E-state index contributed by atoms with van der Waals surface area (Å²) < 4.78 is 27.0. The minimum Gasteiger partial charge on any atom is -0.305 e. The summed E-state index contributed by atoms with van der Waals surface area (Å²) in [7, 11) is 0.933. The van der Waals surface area contributed by atoms with Gasteiger partial charge >= 0.3 is 0 Å². The van der Waals surface area contributed by atoms with Gasteiger partial charge in [-0.05, 0) is 19.7 Å². The van der Waals surface area contributed by atoms with Crippen LogP contribution in [0.1, 0.15) is 5.56 Å². The smallest absolute Gasteiger partial charge is 0.162 e. The van der Waals surface area contributed by atoms with Gasteiger partial charge in [-0.1, -0.05) is 30.3 Å². The molecular formula is C21H25N5O2S. The van der Waals surface area contributed by atoms with Crippen molar-refractivity contribution in [2.75, 3.05) is 32.9 Å². The van der Waals surface area contributed by atoms with Crippen LogP contribution in [0.4, 0.5) is 0 Å². The Morgan fingerprint density at radius 3 is 2.69 bits per heavy atom. The van der Waals surface area contributed by atoms with Crippen molar-refractivity contribution in [3.05, 3.63) is 54.5 Å². The lowest BCUT2D eigenvalue weighted by atomic mass is 10.00. The highest BCUT2D eigenvalue weighted by atomic mass is 32.2. The maximum Gasteiger partial charge on any atom is 0.162 e. The molecule has 7 nitrogen and oxygen atoms in total. The molecule has 152 valence electrons. The molecule has 2 fully saturated rings. The first-order chi connectivity index (χ1) is 13.9. The Kier molecular flexibility index (Phi) is 4.45. The van der Waals surface area contributed by atoms with Crippen molar-refractivity contribution < 1.29 is 8.42 Å². The number of fused-ring (bicyclic) bond motifs is 2. The molecule has 3 atom stereocenters. The van der Waals surface area contributed by atoms with E-state index in [1.165, 1.54) is 0 Å². The first-order valence-corrected chi connectivity index (χ1v) is 11.6. The second-order valence-corrected chi connectivity index (χ2v) is 10.7. The van der Waals surface area contributed by atoms with Crippen LogP contribution in [0.5, 0.6) is 0 Å². The molecule has 0 bridgehead atoms. The fourth-order valence-corrected chi connectivity index (χ4v) is 7.36. The average molecular weight is 412 g/mol. The Morgan fingerprint density at radius 2 is 1.93 bits per heavy atom. The lowest BCUT2D eigenvalue weighted by molar-refractivity contribution is 0.229. The van der Waals surface area contributed by atoms with Crippen LogP contribution in [0.25, 0.3) is 16.8 Å². The number of sulfone groups is 1. The second-order valence-electron chi connectivity index (χ2n) is 8.41. The van der Waals surface area contributed by atoms with Gasteiger partial charge in [0.1, 0.15) is 0 Å². The number of nitrogens with zero attached hydrogens (tertiary/aromatic N) is 5. The highest BCUT2D eigenvalue weighted by Gasteiger charge is 2.52. The zero-order chi connectivity index (χ0) is 20.2. The molecule has 0 unspecified atom stereocenters. The summed E-state index contributed by atoms with van der Waals surface area (Å²) >= 11 is 0. The quantitative estimate of drug-likeness (QED) is 0.649. The molecule has 0 aliphatic carbocycles. The summed E-state index contributed by atoms with van der Waals surface area (Å²) in [6.07, 6.45) is 5.73. The van der Waals surface area contributed by atoms with Gasteiger partial charge in [0.25, 0.3) is 0 Å². The number of rotatable bonds is 4. The molecular weight excluding hydrogens is 386 g/mol. The average Bonchev–Trinajstić information content (AvgIpc) is 3.36. The molecule has 0 radical (unpaired) electrons. The van der Waals surface area contributed by atoms with Gasteiger partial charge in [0.2, 0.25) is 0 Å². The third-order valence-electron chi connectivity index (χ3n) is 6.31. The predicted molar refractivity (Wildman–Crippen MR) is 112 cm³/mol. The highest BCUT2D eigenvalue weighted by molar-refractivity contribution is 7.92. The summed E-state index contributed by atoms with van der Waals surface area (Å²) in [6, 6.07) is 10.2. The number of hydrogen-bond acceptors (Lipinski definition) is 6. The van der Waals surface area contributed by atoms with E-state index >= 15 is 0 Å². The molecule has 8 heteroatoms. The minimum atomic E-state index is -3.02. The SMILES string of the molecule is CN(C)[C@H]1CS(=O)(=O)[C@H]2CN(Cc3cnc4c(-c5ccccc5)cnn4c3)C[C@@H]12. The maximum atomic E-state index is 12.6. The summed E-state index contributed by atoms with van der Waals surface area (Å²) in [6.45, 7) is 2.09. The van der Waals surface area contributed by atoms with Crippen LogP contribution < -0.4 is 0 Å². The molecule has 0 amide bonds. The first kappa shape index (κ1) is 18.7. The maximum absolute atomic E-state index is 12.6. The number of benzene rings is 1. The third-order valence-corrected chi connectivity index (χ3v) is 8.53. The molecule has 2 saturated heterocycles. The third kappa shape index (κ3) is 3.25. The highest BCUT2D eigenvalue weighted by Crippen LogP contribution is 2.36. The largest absolute Gasteiger partial charge is 0.305 e. The van der Waals surface area contributed by atoms with Crippen molar-refractivity contribution in [2.24, 2.45) is 5.92 Å². The Hall–Kier alpha value is -2.29. The normalized spacial score (nSPS) is 26.4. The van der Waals surface area contributed by atoms with Crippen LogP contribution >= 0.6 is 0 Å². The van der Waals surface area contributed by atoms with E-state index in [1.807, 2.05) is 55.4 Å². The van der Waals surface area contributed by atoms with Gasteiger partial charge in [-0.15, -0.1) is 0 Å². The fraction of sp³-hybridized carbons (Fsp3) is 0.429. The van der Waals surface area contributed by atoms with E-state index in [9.17, 15) is 8.42 Å². The Bertz CT molecular complexity index is 1140. The van der Waals surface area contributed by atoms with Crippen LogP contribution in [-0.2, 0) is 16.4 Å². The van der Waals surface area contributed by atoms with Crippen molar-refractivity contribution in [2.45, 2.75) is 17.8 Å². The van der Waals surface area contributed by atoms with Gasteiger partial charge in [0.05, 0.1) is 17.2 Å². The van der Waals surface area contributed by atoms with Crippen LogP contribution in [0, 0.1) is 5.92 Å². The van der Waals surface area contributed by atoms with Crippen LogP contribution in [0.2, 0.25) is 0 Å². The molecule has 1 aromatic carbocycles.